The molecule has 2 rings (SSSR count). The summed E-state index contributed by atoms with van der Waals surface area (Å²) in [4.78, 5) is 11.8. The molecule has 0 spiro atoms. The van der Waals surface area contributed by atoms with E-state index < -0.39 is 0 Å². The minimum atomic E-state index is 0.137. The maximum Gasteiger partial charge on any atom is 0.227 e. The standard InChI is InChI=1S/C12H16N2O/c13-10-6-3-7-11(8-10)14-12(15)9-4-1-2-5-9/h3,6-9H,1-2,4-5,13H2,(H,14,15). The van der Waals surface area contributed by atoms with Crippen LogP contribution in [0.1, 0.15) is 25.7 Å². The Morgan fingerprint density at radius 2 is 2.07 bits per heavy atom. The maximum atomic E-state index is 11.8. The van der Waals surface area contributed by atoms with Gasteiger partial charge in [0.2, 0.25) is 5.91 Å². The number of nitrogens with one attached hydrogen (secondary N) is 1. The Kier molecular flexibility index (Phi) is 2.90. The van der Waals surface area contributed by atoms with Gasteiger partial charge in [-0.1, -0.05) is 18.9 Å². The van der Waals surface area contributed by atoms with Crippen LogP contribution in [0.15, 0.2) is 24.3 Å². The Labute approximate surface area is 89.7 Å². The van der Waals surface area contributed by atoms with E-state index in [1.807, 2.05) is 18.2 Å². The number of nitrogen functional groups attached to an aromatic ring is 1. The molecule has 0 atom stereocenters. The van der Waals surface area contributed by atoms with E-state index in [0.717, 1.165) is 18.5 Å². The minimum Gasteiger partial charge on any atom is -0.399 e. The summed E-state index contributed by atoms with van der Waals surface area (Å²) < 4.78 is 0. The lowest BCUT2D eigenvalue weighted by atomic mass is 10.1. The topological polar surface area (TPSA) is 55.1 Å². The van der Waals surface area contributed by atoms with Crippen molar-refractivity contribution < 1.29 is 4.79 Å². The smallest absolute Gasteiger partial charge is 0.227 e. The van der Waals surface area contributed by atoms with Crippen molar-refractivity contribution in [3.05, 3.63) is 24.3 Å². The van der Waals surface area contributed by atoms with Gasteiger partial charge in [-0.3, -0.25) is 4.79 Å². The summed E-state index contributed by atoms with van der Waals surface area (Å²) in [7, 11) is 0. The summed E-state index contributed by atoms with van der Waals surface area (Å²) in [6.07, 6.45) is 4.40. The van der Waals surface area contributed by atoms with Crippen molar-refractivity contribution in [2.75, 3.05) is 11.1 Å². The third-order valence-corrected chi connectivity index (χ3v) is 2.88. The van der Waals surface area contributed by atoms with E-state index in [0.29, 0.717) is 5.69 Å². The summed E-state index contributed by atoms with van der Waals surface area (Å²) in [5, 5.41) is 2.91. The number of carbonyl (C=O) groups is 1. The van der Waals surface area contributed by atoms with Gasteiger partial charge >= 0.3 is 0 Å². The molecule has 0 bridgehead atoms. The number of hydrogen-bond acceptors (Lipinski definition) is 2. The van der Waals surface area contributed by atoms with Gasteiger partial charge < -0.3 is 11.1 Å². The molecule has 3 heteroatoms. The molecule has 3 nitrogen and oxygen atoms in total. The number of nitrogens with two attached hydrogens (primary N) is 1. The van der Waals surface area contributed by atoms with Crippen LogP contribution in [-0.4, -0.2) is 5.91 Å². The molecule has 1 aromatic carbocycles. The minimum absolute atomic E-state index is 0.137. The highest BCUT2D eigenvalue weighted by Gasteiger charge is 2.22. The van der Waals surface area contributed by atoms with Crippen LogP contribution in [-0.2, 0) is 4.79 Å². The molecule has 1 amide bonds. The molecular formula is C12H16N2O. The van der Waals surface area contributed by atoms with E-state index in [9.17, 15) is 4.79 Å². The van der Waals surface area contributed by atoms with Gasteiger partial charge in [0.25, 0.3) is 0 Å². The number of hydrogen-bond donors (Lipinski definition) is 2. The van der Waals surface area contributed by atoms with Crippen LogP contribution < -0.4 is 11.1 Å². The fourth-order valence-corrected chi connectivity index (χ4v) is 2.05. The Morgan fingerprint density at radius 1 is 1.33 bits per heavy atom. The van der Waals surface area contributed by atoms with Crippen LogP contribution >= 0.6 is 0 Å². The number of benzene rings is 1. The molecule has 15 heavy (non-hydrogen) atoms. The van der Waals surface area contributed by atoms with Crippen LogP contribution in [0, 0.1) is 5.92 Å². The summed E-state index contributed by atoms with van der Waals surface area (Å²) in [6.45, 7) is 0. The molecule has 80 valence electrons. The predicted octanol–water partition coefficient (Wildman–Crippen LogP) is 2.40. The van der Waals surface area contributed by atoms with Crippen LogP contribution in [0.5, 0.6) is 0 Å². The monoisotopic (exact) mass is 204 g/mol. The molecule has 0 unspecified atom stereocenters. The zero-order valence-electron chi connectivity index (χ0n) is 8.70. The second-order valence-corrected chi connectivity index (χ2v) is 4.10. The summed E-state index contributed by atoms with van der Waals surface area (Å²) >= 11 is 0. The largest absolute Gasteiger partial charge is 0.399 e. The Bertz CT molecular complexity index is 356. The van der Waals surface area contributed by atoms with Gasteiger partial charge in [-0.15, -0.1) is 0 Å². The molecule has 0 radical (unpaired) electrons. The normalized spacial score (nSPS) is 16.5. The van der Waals surface area contributed by atoms with E-state index in [1.54, 1.807) is 6.07 Å². The van der Waals surface area contributed by atoms with Crippen molar-refractivity contribution >= 4 is 17.3 Å². The molecule has 0 aromatic heterocycles. The second kappa shape index (κ2) is 4.34. The SMILES string of the molecule is Nc1cccc(NC(=O)C2CCCC2)c1. The summed E-state index contributed by atoms with van der Waals surface area (Å²) in [5.41, 5.74) is 7.11. The van der Waals surface area contributed by atoms with Crippen molar-refractivity contribution in [2.24, 2.45) is 5.92 Å². The first-order valence-electron chi connectivity index (χ1n) is 5.42. The Morgan fingerprint density at radius 3 is 2.73 bits per heavy atom. The van der Waals surface area contributed by atoms with E-state index in [-0.39, 0.29) is 11.8 Å². The lowest BCUT2D eigenvalue weighted by Gasteiger charge is -2.10. The fraction of sp³-hybridized carbons (Fsp3) is 0.417. The van der Waals surface area contributed by atoms with Gasteiger partial charge in [0.05, 0.1) is 0 Å². The van der Waals surface area contributed by atoms with Crippen LogP contribution in [0.4, 0.5) is 11.4 Å². The molecular weight excluding hydrogens is 188 g/mol. The molecule has 1 saturated carbocycles. The summed E-state index contributed by atoms with van der Waals surface area (Å²) in [5.74, 6) is 0.338. The molecule has 0 heterocycles. The van der Waals surface area contributed by atoms with Crippen molar-refractivity contribution in [1.29, 1.82) is 0 Å². The zero-order valence-corrected chi connectivity index (χ0v) is 8.70. The molecule has 1 aliphatic carbocycles. The predicted molar refractivity (Wildman–Crippen MR) is 61.4 cm³/mol. The number of anilines is 2. The van der Waals surface area contributed by atoms with Crippen LogP contribution in [0.3, 0.4) is 0 Å². The number of rotatable bonds is 2. The second-order valence-electron chi connectivity index (χ2n) is 4.10. The third kappa shape index (κ3) is 2.49. The molecule has 1 aromatic rings. The summed E-state index contributed by atoms with van der Waals surface area (Å²) in [6, 6.07) is 7.31. The van der Waals surface area contributed by atoms with E-state index in [4.69, 9.17) is 5.73 Å². The molecule has 3 N–H and O–H groups in total. The lowest BCUT2D eigenvalue weighted by Crippen LogP contribution is -2.20. The first kappa shape index (κ1) is 10.0. The fourth-order valence-electron chi connectivity index (χ4n) is 2.05. The van der Waals surface area contributed by atoms with E-state index >= 15 is 0 Å². The Balaban J connectivity index is 1.99. The van der Waals surface area contributed by atoms with Gasteiger partial charge in [-0.2, -0.15) is 0 Å². The first-order valence-corrected chi connectivity index (χ1v) is 5.42. The highest BCUT2D eigenvalue weighted by molar-refractivity contribution is 5.93. The third-order valence-electron chi connectivity index (χ3n) is 2.88. The van der Waals surface area contributed by atoms with Gasteiger partial charge in [0, 0.05) is 17.3 Å². The van der Waals surface area contributed by atoms with Crippen molar-refractivity contribution in [3.8, 4) is 0 Å². The van der Waals surface area contributed by atoms with Crippen LogP contribution in [0.25, 0.3) is 0 Å². The quantitative estimate of drug-likeness (QED) is 0.727. The lowest BCUT2D eigenvalue weighted by molar-refractivity contribution is -0.119. The highest BCUT2D eigenvalue weighted by atomic mass is 16.1. The van der Waals surface area contributed by atoms with Gasteiger partial charge in [-0.05, 0) is 31.0 Å². The average molecular weight is 204 g/mol. The molecule has 1 aliphatic rings. The zero-order chi connectivity index (χ0) is 10.7. The van der Waals surface area contributed by atoms with Crippen LogP contribution in [0.2, 0.25) is 0 Å². The van der Waals surface area contributed by atoms with Crippen molar-refractivity contribution in [1.82, 2.24) is 0 Å². The number of carbonyl (C=O) groups excluding carboxylic acids is 1. The molecule has 0 aliphatic heterocycles. The van der Waals surface area contributed by atoms with Gasteiger partial charge in [0.15, 0.2) is 0 Å². The molecule has 1 fully saturated rings. The van der Waals surface area contributed by atoms with Gasteiger partial charge in [-0.25, -0.2) is 0 Å². The maximum absolute atomic E-state index is 11.8. The van der Waals surface area contributed by atoms with Crippen molar-refractivity contribution in [2.45, 2.75) is 25.7 Å². The van der Waals surface area contributed by atoms with E-state index in [1.165, 1.54) is 12.8 Å². The van der Waals surface area contributed by atoms with Crippen molar-refractivity contribution in [3.63, 3.8) is 0 Å². The van der Waals surface area contributed by atoms with Gasteiger partial charge in [0.1, 0.15) is 0 Å². The number of amides is 1. The highest BCUT2D eigenvalue weighted by Crippen LogP contribution is 2.26. The molecule has 0 saturated heterocycles. The first-order chi connectivity index (χ1) is 7.25. The Hall–Kier alpha value is -1.51. The average Bonchev–Trinajstić information content (AvgIpc) is 2.70. The van der Waals surface area contributed by atoms with E-state index in [2.05, 4.69) is 5.32 Å².